The molecule has 4 aliphatic rings. The lowest BCUT2D eigenvalue weighted by Crippen LogP contribution is -2.24. The Bertz CT molecular complexity index is 1420. The molecule has 35 heavy (non-hydrogen) atoms. The molecule has 1 saturated heterocycles. The minimum atomic E-state index is -0.294. The zero-order valence-corrected chi connectivity index (χ0v) is 19.5. The van der Waals surface area contributed by atoms with Gasteiger partial charge in [-0.3, -0.25) is 4.79 Å². The van der Waals surface area contributed by atoms with E-state index in [0.717, 1.165) is 77.4 Å². The number of halogens is 1. The smallest absolute Gasteiger partial charge is 0.324 e. The maximum absolute atomic E-state index is 14.5. The number of ketones is 1. The van der Waals surface area contributed by atoms with Gasteiger partial charge in [-0.15, -0.1) is 0 Å². The van der Waals surface area contributed by atoms with Crippen LogP contribution >= 0.6 is 0 Å². The van der Waals surface area contributed by atoms with Crippen molar-refractivity contribution in [3.8, 4) is 22.9 Å². The highest BCUT2D eigenvalue weighted by molar-refractivity contribution is 6.00. The van der Waals surface area contributed by atoms with Crippen LogP contribution in [-0.4, -0.2) is 41.9 Å². The van der Waals surface area contributed by atoms with Crippen LogP contribution in [0, 0.1) is 11.2 Å². The average molecular weight is 472 g/mol. The van der Waals surface area contributed by atoms with Gasteiger partial charge in [0.1, 0.15) is 17.4 Å². The predicted octanol–water partition coefficient (Wildman–Crippen LogP) is 4.08. The van der Waals surface area contributed by atoms with Crippen molar-refractivity contribution in [2.45, 2.75) is 38.1 Å². The lowest BCUT2D eigenvalue weighted by molar-refractivity contribution is 0.0994. The van der Waals surface area contributed by atoms with Gasteiger partial charge < -0.3 is 20.7 Å². The molecule has 2 atom stereocenters. The molecule has 7 nitrogen and oxygen atoms in total. The zero-order valence-electron chi connectivity index (χ0n) is 19.5. The molecule has 7 rings (SSSR count). The molecule has 1 aliphatic heterocycles. The van der Waals surface area contributed by atoms with E-state index in [9.17, 15) is 9.18 Å². The number of aromatic nitrogens is 2. The van der Waals surface area contributed by atoms with Crippen molar-refractivity contribution in [2.75, 3.05) is 30.4 Å². The largest absolute Gasteiger partial charge is 0.424 e. The molecule has 0 amide bonds. The Hall–Kier alpha value is -3.52. The lowest BCUT2D eigenvalue weighted by atomic mass is 10.0. The number of benzene rings is 2. The number of carbonyl (C=O) groups excluding carboxylic acids is 1. The molecule has 1 saturated carbocycles. The van der Waals surface area contributed by atoms with Gasteiger partial charge in [-0.25, -0.2) is 4.39 Å². The fraction of sp³-hybridized carbons (Fsp3) is 0.370. The zero-order chi connectivity index (χ0) is 23.9. The number of ether oxygens (including phenoxy) is 1. The number of carbonyl (C=O) groups is 1. The molecule has 3 N–H and O–H groups in total. The Labute approximate surface area is 202 Å². The van der Waals surface area contributed by atoms with Crippen LogP contribution in [0.15, 0.2) is 30.3 Å². The second kappa shape index (κ2) is 7.24. The van der Waals surface area contributed by atoms with Crippen LogP contribution in [0.5, 0.6) is 11.8 Å². The molecule has 178 valence electrons. The van der Waals surface area contributed by atoms with Gasteiger partial charge in [-0.2, -0.15) is 9.97 Å². The summed E-state index contributed by atoms with van der Waals surface area (Å²) in [7, 11) is 1.80. The minimum Gasteiger partial charge on any atom is -0.424 e. The minimum absolute atomic E-state index is 0.140. The van der Waals surface area contributed by atoms with Crippen molar-refractivity contribution in [3.05, 3.63) is 58.5 Å². The van der Waals surface area contributed by atoms with Gasteiger partial charge in [0.05, 0.1) is 5.69 Å². The fourth-order valence-corrected chi connectivity index (χ4v) is 6.10. The Balaban J connectivity index is 1.32. The lowest BCUT2D eigenvalue weighted by Gasteiger charge is -2.22. The highest BCUT2D eigenvalue weighted by Crippen LogP contribution is 2.54. The molecule has 8 heteroatoms. The van der Waals surface area contributed by atoms with Gasteiger partial charge in [0.25, 0.3) is 0 Å². The van der Waals surface area contributed by atoms with Crippen molar-refractivity contribution in [3.63, 3.8) is 0 Å². The van der Waals surface area contributed by atoms with Crippen molar-refractivity contribution < 1.29 is 13.9 Å². The molecule has 1 spiro atoms. The van der Waals surface area contributed by atoms with Gasteiger partial charge in [0.2, 0.25) is 0 Å². The molecule has 0 unspecified atom stereocenters. The summed E-state index contributed by atoms with van der Waals surface area (Å²) in [5, 5.41) is 3.12. The molecular formula is C27H26FN5O2. The monoisotopic (exact) mass is 471 g/mol. The number of nitrogens with one attached hydrogen (secondary N) is 1. The van der Waals surface area contributed by atoms with E-state index in [1.807, 2.05) is 12.1 Å². The van der Waals surface area contributed by atoms with E-state index in [-0.39, 0.29) is 29.1 Å². The summed E-state index contributed by atoms with van der Waals surface area (Å²) in [5.41, 5.74) is 12.5. The average Bonchev–Trinajstić information content (AvgIpc) is 3.21. The number of aryl methyl sites for hydroxylation is 1. The molecule has 1 aromatic heterocycles. The number of anilines is 2. The SMILES string of the molecule is CNc1cc(F)cc2c1Cc1nc(Oc3ccc4c(c3)C(=O)CC4)nc(N3CC[C@@]4(C[C@H]4N)C3)c1-2. The van der Waals surface area contributed by atoms with E-state index in [1.54, 1.807) is 19.2 Å². The number of hydrogen-bond donors (Lipinski definition) is 2. The Morgan fingerprint density at radius 1 is 1.20 bits per heavy atom. The standard InChI is InChI=1S/C27H26FN5O2/c1-30-20-9-15(28)8-19-18(20)11-21-24(19)25(33-7-6-27(13-33)12-23(27)29)32-26(31-21)35-16-4-2-14-3-5-22(34)17(14)10-16/h2,4,8-10,23,30H,3,5-7,11-13,29H2,1H3/t23-,27-/m1/s1. The van der Waals surface area contributed by atoms with Crippen LogP contribution in [-0.2, 0) is 12.8 Å². The number of rotatable bonds is 4. The summed E-state index contributed by atoms with van der Waals surface area (Å²) in [6.07, 6.45) is 3.93. The molecule has 2 aromatic carbocycles. The van der Waals surface area contributed by atoms with E-state index < -0.39 is 0 Å². The summed E-state index contributed by atoms with van der Waals surface area (Å²) < 4.78 is 20.7. The highest BCUT2D eigenvalue weighted by atomic mass is 19.1. The summed E-state index contributed by atoms with van der Waals surface area (Å²) in [5.74, 6) is 1.16. The Kier molecular flexibility index (Phi) is 4.31. The topological polar surface area (TPSA) is 93.4 Å². The van der Waals surface area contributed by atoms with Gasteiger partial charge >= 0.3 is 6.01 Å². The van der Waals surface area contributed by atoms with Crippen LogP contribution in [0.25, 0.3) is 11.1 Å². The summed E-state index contributed by atoms with van der Waals surface area (Å²) in [6, 6.07) is 9.16. The van der Waals surface area contributed by atoms with Crippen molar-refractivity contribution in [1.29, 1.82) is 0 Å². The van der Waals surface area contributed by atoms with E-state index in [4.69, 9.17) is 20.4 Å². The number of hydrogen-bond acceptors (Lipinski definition) is 7. The number of Topliss-reactive ketones (excluding diaryl/α,β-unsaturated/α-hetero) is 1. The quantitative estimate of drug-likeness (QED) is 0.463. The van der Waals surface area contributed by atoms with E-state index >= 15 is 0 Å². The summed E-state index contributed by atoms with van der Waals surface area (Å²) in [4.78, 5) is 24.1. The maximum atomic E-state index is 14.5. The highest BCUT2D eigenvalue weighted by Gasteiger charge is 2.56. The Morgan fingerprint density at radius 2 is 2.06 bits per heavy atom. The fourth-order valence-electron chi connectivity index (χ4n) is 6.10. The van der Waals surface area contributed by atoms with Crippen LogP contribution in [0.1, 0.15) is 46.4 Å². The van der Waals surface area contributed by atoms with Crippen LogP contribution in [0.2, 0.25) is 0 Å². The third-order valence-corrected chi connectivity index (χ3v) is 8.19. The number of nitrogens with zero attached hydrogens (tertiary/aromatic N) is 3. The third-order valence-electron chi connectivity index (χ3n) is 8.19. The van der Waals surface area contributed by atoms with Crippen LogP contribution in [0.4, 0.5) is 15.9 Å². The normalized spacial score (nSPS) is 23.5. The Morgan fingerprint density at radius 3 is 2.83 bits per heavy atom. The third kappa shape index (κ3) is 3.16. The van der Waals surface area contributed by atoms with Gasteiger partial charge in [0.15, 0.2) is 5.78 Å². The van der Waals surface area contributed by atoms with Crippen molar-refractivity contribution >= 4 is 17.3 Å². The van der Waals surface area contributed by atoms with Crippen molar-refractivity contribution in [2.24, 2.45) is 11.1 Å². The second-order valence-corrected chi connectivity index (χ2v) is 10.2. The van der Waals surface area contributed by atoms with Gasteiger partial charge in [0, 0.05) is 61.2 Å². The number of nitrogens with two attached hydrogens (primary N) is 1. The molecule has 0 radical (unpaired) electrons. The van der Waals surface area contributed by atoms with Crippen molar-refractivity contribution in [1.82, 2.24) is 9.97 Å². The molecule has 3 aliphatic carbocycles. The van der Waals surface area contributed by atoms with Gasteiger partial charge in [-0.05, 0) is 60.2 Å². The first-order chi connectivity index (χ1) is 16.9. The van der Waals surface area contributed by atoms with Crippen LogP contribution < -0.4 is 20.7 Å². The van der Waals surface area contributed by atoms with E-state index in [0.29, 0.717) is 18.6 Å². The first-order valence-electron chi connectivity index (χ1n) is 12.2. The predicted molar refractivity (Wildman–Crippen MR) is 131 cm³/mol. The maximum Gasteiger partial charge on any atom is 0.324 e. The number of fused-ring (bicyclic) bond motifs is 4. The van der Waals surface area contributed by atoms with Crippen LogP contribution in [0.3, 0.4) is 0 Å². The molecule has 2 heterocycles. The van der Waals surface area contributed by atoms with E-state index in [2.05, 4.69) is 10.2 Å². The molecule has 2 fully saturated rings. The summed E-state index contributed by atoms with van der Waals surface area (Å²) in [6.45, 7) is 1.67. The van der Waals surface area contributed by atoms with Gasteiger partial charge in [-0.1, -0.05) is 6.07 Å². The first-order valence-corrected chi connectivity index (χ1v) is 12.2. The molecule has 0 bridgehead atoms. The first kappa shape index (κ1) is 20.8. The second-order valence-electron chi connectivity index (χ2n) is 10.2. The molecule has 3 aromatic rings. The molecular weight excluding hydrogens is 445 g/mol. The van der Waals surface area contributed by atoms with E-state index in [1.165, 1.54) is 6.07 Å². The summed E-state index contributed by atoms with van der Waals surface area (Å²) >= 11 is 0.